The molecule has 1 heterocycles. The van der Waals surface area contributed by atoms with Gasteiger partial charge in [0.1, 0.15) is 5.71 Å². The second kappa shape index (κ2) is 9.51. The lowest BCUT2D eigenvalue weighted by Crippen LogP contribution is -2.14. The molecule has 5 aromatic carbocycles. The minimum atomic E-state index is 0.363. The average molecular weight is 501 g/mol. The second-order valence-corrected chi connectivity index (χ2v) is 9.59. The lowest BCUT2D eigenvalue weighted by molar-refractivity contribution is 1.28. The second-order valence-electron chi connectivity index (χ2n) is 9.59. The van der Waals surface area contributed by atoms with E-state index < -0.39 is 0 Å². The third kappa shape index (κ3) is 4.09. The summed E-state index contributed by atoms with van der Waals surface area (Å²) >= 11 is 0. The Labute approximate surface area is 226 Å². The number of pyridine rings is 1. The fraction of sp³-hybridized carbons (Fsp3) is 0. The Hall–Kier alpha value is -5.35. The molecule has 0 bridgehead atoms. The number of anilines is 1. The fourth-order valence-electron chi connectivity index (χ4n) is 5.43. The number of fused-ring (bicyclic) bond motifs is 3. The normalized spacial score (nSPS) is 14.3. The van der Waals surface area contributed by atoms with E-state index in [4.69, 9.17) is 5.41 Å². The average Bonchev–Trinajstić information content (AvgIpc) is 3.00. The predicted octanol–water partition coefficient (Wildman–Crippen LogP) is 8.65. The van der Waals surface area contributed by atoms with E-state index in [1.165, 1.54) is 43.4 Å². The molecule has 2 N–H and O–H groups in total. The van der Waals surface area contributed by atoms with E-state index in [1.807, 2.05) is 30.4 Å². The fourth-order valence-corrected chi connectivity index (χ4v) is 5.43. The molecule has 0 radical (unpaired) electrons. The van der Waals surface area contributed by atoms with Crippen molar-refractivity contribution in [1.82, 2.24) is 4.98 Å². The molecular weight excluding hydrogens is 476 g/mol. The van der Waals surface area contributed by atoms with Crippen LogP contribution in [0.5, 0.6) is 0 Å². The minimum Gasteiger partial charge on any atom is -0.299 e. The zero-order valence-corrected chi connectivity index (χ0v) is 21.1. The van der Waals surface area contributed by atoms with Gasteiger partial charge in [-0.1, -0.05) is 91.0 Å². The van der Waals surface area contributed by atoms with Gasteiger partial charge in [-0.15, -0.1) is 0 Å². The highest BCUT2D eigenvalue weighted by molar-refractivity contribution is 6.52. The SMILES string of the molecule is N=C1C=CC(c2c3ccccc3c(-c3ccc4ccccc4c3)c3ccccc23)=C/C1=N/Nc1ccncc1. The Morgan fingerprint density at radius 3 is 1.92 bits per heavy atom. The summed E-state index contributed by atoms with van der Waals surface area (Å²) in [5, 5.41) is 20.2. The highest BCUT2D eigenvalue weighted by Gasteiger charge is 2.19. The summed E-state index contributed by atoms with van der Waals surface area (Å²) in [5.41, 5.74) is 9.44. The van der Waals surface area contributed by atoms with Gasteiger partial charge in [0.25, 0.3) is 0 Å². The lowest BCUT2D eigenvalue weighted by Gasteiger charge is -2.19. The van der Waals surface area contributed by atoms with Crippen LogP contribution in [-0.4, -0.2) is 16.4 Å². The van der Waals surface area contributed by atoms with Gasteiger partial charge in [-0.25, -0.2) is 0 Å². The molecule has 0 spiro atoms. The van der Waals surface area contributed by atoms with Gasteiger partial charge in [0, 0.05) is 12.4 Å². The molecule has 184 valence electrons. The molecule has 0 fully saturated rings. The summed E-state index contributed by atoms with van der Waals surface area (Å²) in [5.74, 6) is 0. The monoisotopic (exact) mass is 500 g/mol. The number of allylic oxidation sites excluding steroid dienone is 4. The molecule has 6 aromatic rings. The van der Waals surface area contributed by atoms with Crippen LogP contribution in [0.3, 0.4) is 0 Å². The number of aromatic nitrogens is 1. The standard InChI is InChI=1S/C35H24N4/c36-32-16-15-26(22-33(32)39-38-27-17-19-37-20-18-27)35-30-11-5-3-9-28(30)34(29-10-4-6-12-31(29)35)25-14-13-23-7-1-2-8-24(23)21-25/h1-22,36H,(H,37,38)/b36-32?,39-33-. The van der Waals surface area contributed by atoms with Crippen LogP contribution in [0.1, 0.15) is 5.56 Å². The Bertz CT molecular complexity index is 1940. The van der Waals surface area contributed by atoms with Gasteiger partial charge in [0.15, 0.2) is 0 Å². The number of benzene rings is 5. The van der Waals surface area contributed by atoms with Crippen molar-refractivity contribution in [2.24, 2.45) is 5.10 Å². The first-order valence-electron chi connectivity index (χ1n) is 12.9. The summed E-state index contributed by atoms with van der Waals surface area (Å²) in [7, 11) is 0. The van der Waals surface area contributed by atoms with Crippen LogP contribution in [0.2, 0.25) is 0 Å². The van der Waals surface area contributed by atoms with Crippen molar-refractivity contribution in [2.45, 2.75) is 0 Å². The number of hydrogen-bond acceptors (Lipinski definition) is 4. The molecule has 0 atom stereocenters. The highest BCUT2D eigenvalue weighted by atomic mass is 15.3. The van der Waals surface area contributed by atoms with E-state index in [9.17, 15) is 0 Å². The number of nitrogens with one attached hydrogen (secondary N) is 2. The third-order valence-electron chi connectivity index (χ3n) is 7.24. The first-order valence-corrected chi connectivity index (χ1v) is 12.9. The van der Waals surface area contributed by atoms with Crippen molar-refractivity contribution in [3.63, 3.8) is 0 Å². The number of rotatable bonds is 4. The number of nitrogens with zero attached hydrogens (tertiary/aromatic N) is 2. The lowest BCUT2D eigenvalue weighted by atomic mass is 9.84. The molecule has 1 aliphatic carbocycles. The molecule has 1 aromatic heterocycles. The zero-order valence-electron chi connectivity index (χ0n) is 21.1. The zero-order chi connectivity index (χ0) is 26.2. The molecule has 1 aliphatic rings. The third-order valence-corrected chi connectivity index (χ3v) is 7.24. The van der Waals surface area contributed by atoms with Gasteiger partial charge < -0.3 is 0 Å². The molecule has 0 saturated carbocycles. The van der Waals surface area contributed by atoms with Crippen LogP contribution in [0.25, 0.3) is 49.0 Å². The summed E-state index contributed by atoms with van der Waals surface area (Å²) in [4.78, 5) is 4.05. The van der Waals surface area contributed by atoms with Crippen LogP contribution < -0.4 is 5.43 Å². The van der Waals surface area contributed by atoms with E-state index in [1.54, 1.807) is 12.4 Å². The topological polar surface area (TPSA) is 61.1 Å². The molecule has 0 aliphatic heterocycles. The van der Waals surface area contributed by atoms with Crippen LogP contribution >= 0.6 is 0 Å². The quantitative estimate of drug-likeness (QED) is 0.145. The first kappa shape index (κ1) is 22.8. The molecule has 0 amide bonds. The summed E-state index contributed by atoms with van der Waals surface area (Å²) in [6.07, 6.45) is 9.28. The highest BCUT2D eigenvalue weighted by Crippen LogP contribution is 2.43. The van der Waals surface area contributed by atoms with Gasteiger partial charge in [0.2, 0.25) is 0 Å². The van der Waals surface area contributed by atoms with Crippen molar-refractivity contribution in [3.05, 3.63) is 139 Å². The Balaban J connectivity index is 1.46. The van der Waals surface area contributed by atoms with Crippen molar-refractivity contribution in [3.8, 4) is 11.1 Å². The van der Waals surface area contributed by atoms with E-state index in [0.29, 0.717) is 11.4 Å². The largest absolute Gasteiger partial charge is 0.299 e. The maximum absolute atomic E-state index is 8.49. The summed E-state index contributed by atoms with van der Waals surface area (Å²) in [6.45, 7) is 0. The van der Waals surface area contributed by atoms with Gasteiger partial charge >= 0.3 is 0 Å². The van der Waals surface area contributed by atoms with Gasteiger partial charge in [-0.2, -0.15) is 5.10 Å². The summed E-state index contributed by atoms with van der Waals surface area (Å²) < 4.78 is 0. The maximum atomic E-state index is 8.49. The van der Waals surface area contributed by atoms with Crippen LogP contribution in [-0.2, 0) is 0 Å². The number of hydrogen-bond donors (Lipinski definition) is 2. The van der Waals surface area contributed by atoms with Crippen molar-refractivity contribution >= 4 is 55.0 Å². The van der Waals surface area contributed by atoms with Crippen LogP contribution in [0.15, 0.2) is 139 Å². The van der Waals surface area contributed by atoms with Gasteiger partial charge in [-0.05, 0) is 84.9 Å². The minimum absolute atomic E-state index is 0.363. The smallest absolute Gasteiger partial charge is 0.109 e. The van der Waals surface area contributed by atoms with Crippen molar-refractivity contribution < 1.29 is 0 Å². The Kier molecular flexibility index (Phi) is 5.56. The maximum Gasteiger partial charge on any atom is 0.109 e. The van der Waals surface area contributed by atoms with E-state index in [-0.39, 0.29) is 0 Å². The van der Waals surface area contributed by atoms with Crippen molar-refractivity contribution in [2.75, 3.05) is 5.43 Å². The molecule has 0 unspecified atom stereocenters. The molecular formula is C35H24N4. The van der Waals surface area contributed by atoms with Crippen LogP contribution in [0, 0.1) is 5.41 Å². The molecule has 4 nitrogen and oxygen atoms in total. The molecule has 7 rings (SSSR count). The van der Waals surface area contributed by atoms with E-state index >= 15 is 0 Å². The Morgan fingerprint density at radius 2 is 1.23 bits per heavy atom. The van der Waals surface area contributed by atoms with Gasteiger partial charge in [-0.3, -0.25) is 15.8 Å². The van der Waals surface area contributed by atoms with Crippen LogP contribution in [0.4, 0.5) is 5.69 Å². The van der Waals surface area contributed by atoms with Gasteiger partial charge in [0.05, 0.1) is 11.4 Å². The molecule has 0 saturated heterocycles. The predicted molar refractivity (Wildman–Crippen MR) is 165 cm³/mol. The Morgan fingerprint density at radius 1 is 0.615 bits per heavy atom. The van der Waals surface area contributed by atoms with E-state index in [0.717, 1.165) is 16.8 Å². The van der Waals surface area contributed by atoms with Crippen molar-refractivity contribution in [1.29, 1.82) is 5.41 Å². The molecule has 4 heteroatoms. The summed E-state index contributed by atoms with van der Waals surface area (Å²) in [6, 6.07) is 36.2. The first-order chi connectivity index (χ1) is 19.3. The number of hydrazone groups is 1. The van der Waals surface area contributed by atoms with E-state index in [2.05, 4.69) is 107 Å². The molecule has 39 heavy (non-hydrogen) atoms.